The van der Waals surface area contributed by atoms with E-state index in [1.165, 1.54) is 0 Å². The molecule has 0 aliphatic carbocycles. The smallest absolute Gasteiger partial charge is 0.254 e. The molecule has 31 heavy (non-hydrogen) atoms. The maximum atomic E-state index is 13.0. The number of hydrogen-bond donors (Lipinski definition) is 0. The number of ether oxygens (including phenoxy) is 2. The molecule has 1 fully saturated rings. The van der Waals surface area contributed by atoms with Gasteiger partial charge in [0.2, 0.25) is 6.79 Å². The van der Waals surface area contributed by atoms with Crippen molar-refractivity contribution in [3.63, 3.8) is 0 Å². The molecule has 0 spiro atoms. The lowest BCUT2D eigenvalue weighted by atomic mass is 10.0. The maximum Gasteiger partial charge on any atom is 0.254 e. The van der Waals surface area contributed by atoms with Crippen LogP contribution in [0.4, 0.5) is 5.69 Å². The molecule has 7 nitrogen and oxygen atoms in total. The zero-order valence-corrected chi connectivity index (χ0v) is 17.5. The van der Waals surface area contributed by atoms with E-state index in [0.717, 1.165) is 27.7 Å². The van der Waals surface area contributed by atoms with E-state index in [4.69, 9.17) is 9.47 Å². The van der Waals surface area contributed by atoms with Gasteiger partial charge in [-0.25, -0.2) is 0 Å². The van der Waals surface area contributed by atoms with Gasteiger partial charge in [-0.2, -0.15) is 5.26 Å². The Hall–Kier alpha value is -3.79. The van der Waals surface area contributed by atoms with Gasteiger partial charge in [0.15, 0.2) is 11.5 Å². The average molecular weight is 414 g/mol. The molecule has 2 aliphatic heterocycles. The highest BCUT2D eigenvalue weighted by Crippen LogP contribution is 2.34. The molecule has 2 aliphatic rings. The van der Waals surface area contributed by atoms with E-state index >= 15 is 0 Å². The zero-order valence-electron chi connectivity index (χ0n) is 17.5. The summed E-state index contributed by atoms with van der Waals surface area (Å²) < 4.78 is 10.7. The van der Waals surface area contributed by atoms with Crippen molar-refractivity contribution in [3.8, 4) is 17.6 Å². The standard InChI is InChI=1S/C24H22N4O3/c1-15-9-16(2)22-19(10-15)23(18(12-25)13-26-22)27-5-7-28(8-6-27)24(29)17-3-4-20-21(11-17)31-14-30-20/h3-4,9-11,13H,5-8,14H2,1-2H3. The van der Waals surface area contributed by atoms with Crippen molar-refractivity contribution in [2.45, 2.75) is 13.8 Å². The highest BCUT2D eigenvalue weighted by atomic mass is 16.7. The van der Waals surface area contributed by atoms with E-state index in [1.807, 2.05) is 11.8 Å². The van der Waals surface area contributed by atoms with Gasteiger partial charge in [0.1, 0.15) is 6.07 Å². The fourth-order valence-corrected chi connectivity index (χ4v) is 4.41. The summed E-state index contributed by atoms with van der Waals surface area (Å²) in [4.78, 5) is 21.6. The summed E-state index contributed by atoms with van der Waals surface area (Å²) in [6.45, 7) is 6.73. The molecule has 0 bridgehead atoms. The van der Waals surface area contributed by atoms with Crippen molar-refractivity contribution in [2.24, 2.45) is 0 Å². The summed E-state index contributed by atoms with van der Waals surface area (Å²) in [7, 11) is 0. The number of fused-ring (bicyclic) bond motifs is 2. The summed E-state index contributed by atoms with van der Waals surface area (Å²) in [6.07, 6.45) is 1.66. The third-order valence-corrected chi connectivity index (χ3v) is 5.90. The van der Waals surface area contributed by atoms with Gasteiger partial charge in [0.05, 0.1) is 16.8 Å². The number of pyridine rings is 1. The van der Waals surface area contributed by atoms with Crippen LogP contribution in [0.2, 0.25) is 0 Å². The normalized spacial score (nSPS) is 15.3. The number of nitriles is 1. The van der Waals surface area contributed by atoms with Crippen LogP contribution in [-0.2, 0) is 0 Å². The minimum atomic E-state index is -0.0234. The molecular formula is C24H22N4O3. The van der Waals surface area contributed by atoms with Crippen LogP contribution in [-0.4, -0.2) is 48.8 Å². The molecule has 5 rings (SSSR count). The molecule has 0 atom stereocenters. The topological polar surface area (TPSA) is 78.7 Å². The maximum absolute atomic E-state index is 13.0. The quantitative estimate of drug-likeness (QED) is 0.639. The predicted molar refractivity (Wildman–Crippen MR) is 117 cm³/mol. The van der Waals surface area contributed by atoms with Crippen molar-refractivity contribution in [1.29, 1.82) is 5.26 Å². The molecule has 3 heterocycles. The van der Waals surface area contributed by atoms with Gasteiger partial charge < -0.3 is 19.3 Å². The number of rotatable bonds is 2. The van der Waals surface area contributed by atoms with Crippen molar-refractivity contribution in [3.05, 3.63) is 58.8 Å². The first-order valence-corrected chi connectivity index (χ1v) is 10.3. The SMILES string of the molecule is Cc1cc(C)c2ncc(C#N)c(N3CCN(C(=O)c4ccc5c(c4)OCO5)CC3)c2c1. The fourth-order valence-electron chi connectivity index (χ4n) is 4.41. The van der Waals surface area contributed by atoms with E-state index in [1.54, 1.807) is 24.4 Å². The number of hydrogen-bond acceptors (Lipinski definition) is 6. The second-order valence-electron chi connectivity index (χ2n) is 7.96. The van der Waals surface area contributed by atoms with Gasteiger partial charge in [-0.3, -0.25) is 9.78 Å². The van der Waals surface area contributed by atoms with Crippen molar-refractivity contribution < 1.29 is 14.3 Å². The number of carbonyl (C=O) groups excluding carboxylic acids is 1. The van der Waals surface area contributed by atoms with Crippen molar-refractivity contribution >= 4 is 22.5 Å². The lowest BCUT2D eigenvalue weighted by Gasteiger charge is -2.37. The van der Waals surface area contributed by atoms with Gasteiger partial charge in [-0.05, 0) is 43.7 Å². The van der Waals surface area contributed by atoms with Crippen LogP contribution in [0.3, 0.4) is 0 Å². The Bertz CT molecular complexity index is 1240. The Morgan fingerprint density at radius 1 is 1.06 bits per heavy atom. The highest BCUT2D eigenvalue weighted by molar-refractivity contribution is 5.97. The van der Waals surface area contributed by atoms with E-state index in [0.29, 0.717) is 48.8 Å². The fraction of sp³-hybridized carbons (Fsp3) is 0.292. The Labute approximate surface area is 180 Å². The van der Waals surface area contributed by atoms with Gasteiger partial charge in [-0.1, -0.05) is 11.6 Å². The Balaban J connectivity index is 1.40. The molecular weight excluding hydrogens is 392 g/mol. The Morgan fingerprint density at radius 2 is 1.84 bits per heavy atom. The first kappa shape index (κ1) is 19.2. The lowest BCUT2D eigenvalue weighted by molar-refractivity contribution is 0.0746. The van der Waals surface area contributed by atoms with Gasteiger partial charge in [0, 0.05) is 43.3 Å². The summed E-state index contributed by atoms with van der Waals surface area (Å²) >= 11 is 0. The third-order valence-electron chi connectivity index (χ3n) is 5.90. The third kappa shape index (κ3) is 3.30. The van der Waals surface area contributed by atoms with Crippen LogP contribution in [0.5, 0.6) is 11.5 Å². The molecule has 7 heteroatoms. The number of anilines is 1. The van der Waals surface area contributed by atoms with Gasteiger partial charge >= 0.3 is 0 Å². The number of aromatic nitrogens is 1. The van der Waals surface area contributed by atoms with E-state index in [-0.39, 0.29) is 12.7 Å². The second-order valence-corrected chi connectivity index (χ2v) is 7.96. The minimum absolute atomic E-state index is 0.0234. The van der Waals surface area contributed by atoms with Crippen LogP contribution in [0.25, 0.3) is 10.9 Å². The molecule has 1 amide bonds. The first-order valence-electron chi connectivity index (χ1n) is 10.3. The van der Waals surface area contributed by atoms with Crippen molar-refractivity contribution in [2.75, 3.05) is 37.9 Å². The van der Waals surface area contributed by atoms with Gasteiger partial charge in [-0.15, -0.1) is 0 Å². The Kier molecular flexibility index (Phi) is 4.63. The molecule has 2 aromatic carbocycles. The first-order chi connectivity index (χ1) is 15.0. The summed E-state index contributed by atoms with van der Waals surface area (Å²) in [5.41, 5.74) is 5.22. The largest absolute Gasteiger partial charge is 0.454 e. The minimum Gasteiger partial charge on any atom is -0.454 e. The van der Waals surface area contributed by atoms with Crippen molar-refractivity contribution in [1.82, 2.24) is 9.88 Å². The van der Waals surface area contributed by atoms with Crippen LogP contribution in [0, 0.1) is 25.2 Å². The molecule has 3 aromatic rings. The molecule has 0 radical (unpaired) electrons. The zero-order chi connectivity index (χ0) is 21.5. The Morgan fingerprint density at radius 3 is 2.61 bits per heavy atom. The molecule has 1 saturated heterocycles. The molecule has 0 saturated carbocycles. The van der Waals surface area contributed by atoms with Crippen LogP contribution >= 0.6 is 0 Å². The van der Waals surface area contributed by atoms with Crippen LogP contribution in [0.1, 0.15) is 27.0 Å². The number of nitrogens with zero attached hydrogens (tertiary/aromatic N) is 4. The molecule has 0 unspecified atom stereocenters. The van der Waals surface area contributed by atoms with E-state index < -0.39 is 0 Å². The highest BCUT2D eigenvalue weighted by Gasteiger charge is 2.26. The van der Waals surface area contributed by atoms with E-state index in [2.05, 4.69) is 35.0 Å². The molecule has 1 aromatic heterocycles. The summed E-state index contributed by atoms with van der Waals surface area (Å²) in [5.74, 6) is 1.25. The lowest BCUT2D eigenvalue weighted by Crippen LogP contribution is -2.49. The summed E-state index contributed by atoms with van der Waals surface area (Å²) in [5, 5.41) is 10.7. The molecule has 0 N–H and O–H groups in total. The van der Waals surface area contributed by atoms with Gasteiger partial charge in [0.25, 0.3) is 5.91 Å². The summed E-state index contributed by atoms with van der Waals surface area (Å²) in [6, 6.07) is 11.8. The predicted octanol–water partition coefficient (Wildman–Crippen LogP) is 3.41. The monoisotopic (exact) mass is 414 g/mol. The average Bonchev–Trinajstić information content (AvgIpc) is 3.26. The second kappa shape index (κ2) is 7.47. The molecule has 156 valence electrons. The van der Waals surface area contributed by atoms with E-state index in [9.17, 15) is 10.1 Å². The number of piperazine rings is 1. The number of amides is 1. The number of carbonyl (C=O) groups is 1. The van der Waals surface area contributed by atoms with Crippen LogP contribution in [0.15, 0.2) is 36.5 Å². The van der Waals surface area contributed by atoms with Crippen LogP contribution < -0.4 is 14.4 Å². The number of aryl methyl sites for hydroxylation is 2. The number of benzene rings is 2.